The Kier molecular flexibility index (Phi) is 5.04. The summed E-state index contributed by atoms with van der Waals surface area (Å²) in [6, 6.07) is 6.72. The molecule has 0 heterocycles. The first-order valence-corrected chi connectivity index (χ1v) is 9.02. The minimum absolute atomic E-state index is 0.0804. The molecule has 3 rings (SSSR count). The van der Waals surface area contributed by atoms with Crippen LogP contribution in [0.4, 0.5) is 4.79 Å². The first-order valence-electron chi connectivity index (χ1n) is 9.02. The topological polar surface area (TPSA) is 41.1 Å². The molecular formula is C20H28N2O. The second-order valence-electron chi connectivity index (χ2n) is 6.98. The van der Waals surface area contributed by atoms with E-state index in [2.05, 4.69) is 42.7 Å². The van der Waals surface area contributed by atoms with E-state index in [-0.39, 0.29) is 12.1 Å². The number of aryl methyl sites for hydroxylation is 2. The van der Waals surface area contributed by atoms with E-state index in [0.717, 1.165) is 6.42 Å². The van der Waals surface area contributed by atoms with Crippen LogP contribution in [-0.2, 0) is 12.8 Å². The first kappa shape index (κ1) is 16.1. The molecule has 2 aliphatic rings. The lowest BCUT2D eigenvalue weighted by Crippen LogP contribution is -2.35. The van der Waals surface area contributed by atoms with Crippen LogP contribution in [0.5, 0.6) is 0 Å². The van der Waals surface area contributed by atoms with Crippen LogP contribution in [-0.4, -0.2) is 6.03 Å². The Bertz CT molecular complexity index is 602. The van der Waals surface area contributed by atoms with Crippen molar-refractivity contribution in [3.05, 3.63) is 46.7 Å². The molecule has 0 radical (unpaired) electrons. The number of carbonyl (C=O) groups is 1. The van der Waals surface area contributed by atoms with Crippen molar-refractivity contribution < 1.29 is 4.79 Å². The summed E-state index contributed by atoms with van der Waals surface area (Å²) in [6.07, 6.45) is 10.3. The van der Waals surface area contributed by atoms with Crippen LogP contribution >= 0.6 is 0 Å². The maximum atomic E-state index is 12.2. The fourth-order valence-electron chi connectivity index (χ4n) is 3.43. The molecule has 0 bridgehead atoms. The molecule has 2 amide bonds. The first-order chi connectivity index (χ1) is 11.2. The van der Waals surface area contributed by atoms with E-state index < -0.39 is 0 Å². The quantitative estimate of drug-likeness (QED) is 0.817. The Balaban J connectivity index is 1.62. The monoisotopic (exact) mass is 312 g/mol. The molecule has 1 aromatic rings. The molecule has 23 heavy (non-hydrogen) atoms. The van der Waals surface area contributed by atoms with Gasteiger partial charge in [-0.05, 0) is 74.5 Å². The maximum absolute atomic E-state index is 12.2. The van der Waals surface area contributed by atoms with Crippen LogP contribution in [0.1, 0.15) is 68.7 Å². The number of hydrogen-bond donors (Lipinski definition) is 2. The summed E-state index contributed by atoms with van der Waals surface area (Å²) in [5, 5.41) is 6.00. The van der Waals surface area contributed by atoms with Gasteiger partial charge in [0.05, 0.1) is 6.04 Å². The molecule has 0 aliphatic heterocycles. The lowest BCUT2D eigenvalue weighted by atomic mass is 9.89. The highest BCUT2D eigenvalue weighted by molar-refractivity contribution is 5.75. The third-order valence-corrected chi connectivity index (χ3v) is 5.14. The SMILES string of the molecule is CCC(NC(=O)N/C=C(\C)C1CC1)c1ccc2c(c1)CCCC2. The van der Waals surface area contributed by atoms with Gasteiger partial charge in [0.25, 0.3) is 0 Å². The Hall–Kier alpha value is -1.77. The predicted octanol–water partition coefficient (Wildman–Crippen LogP) is 4.63. The highest BCUT2D eigenvalue weighted by atomic mass is 16.2. The fourth-order valence-corrected chi connectivity index (χ4v) is 3.43. The second kappa shape index (κ2) is 7.20. The highest BCUT2D eigenvalue weighted by Gasteiger charge is 2.23. The lowest BCUT2D eigenvalue weighted by molar-refractivity contribution is 0.240. The number of nitrogens with one attached hydrogen (secondary N) is 2. The average Bonchev–Trinajstić information content (AvgIpc) is 3.42. The van der Waals surface area contributed by atoms with Crippen molar-refractivity contribution in [2.24, 2.45) is 5.92 Å². The fraction of sp³-hybridized carbons (Fsp3) is 0.550. The molecule has 1 fully saturated rings. The Morgan fingerprint density at radius 3 is 2.70 bits per heavy atom. The van der Waals surface area contributed by atoms with Crippen molar-refractivity contribution in [2.75, 3.05) is 0 Å². The molecule has 3 nitrogen and oxygen atoms in total. The zero-order chi connectivity index (χ0) is 16.2. The largest absolute Gasteiger partial charge is 0.331 e. The summed E-state index contributed by atoms with van der Waals surface area (Å²) in [5.74, 6) is 0.693. The van der Waals surface area contributed by atoms with Gasteiger partial charge in [-0.3, -0.25) is 0 Å². The van der Waals surface area contributed by atoms with Gasteiger partial charge in [-0.15, -0.1) is 0 Å². The van der Waals surface area contributed by atoms with E-state index >= 15 is 0 Å². The van der Waals surface area contributed by atoms with Crippen LogP contribution in [0.2, 0.25) is 0 Å². The molecule has 2 aliphatic carbocycles. The minimum atomic E-state index is -0.102. The van der Waals surface area contributed by atoms with E-state index in [0.29, 0.717) is 5.92 Å². The van der Waals surface area contributed by atoms with Gasteiger partial charge in [-0.1, -0.05) is 30.7 Å². The number of allylic oxidation sites excluding steroid dienone is 1. The number of urea groups is 1. The number of carbonyl (C=O) groups excluding carboxylic acids is 1. The van der Waals surface area contributed by atoms with E-state index in [4.69, 9.17) is 0 Å². The Labute approximate surface area is 139 Å². The summed E-state index contributed by atoms with van der Waals surface area (Å²) >= 11 is 0. The summed E-state index contributed by atoms with van der Waals surface area (Å²) in [5.41, 5.74) is 5.47. The van der Waals surface area contributed by atoms with Gasteiger partial charge in [0, 0.05) is 6.20 Å². The van der Waals surface area contributed by atoms with E-state index in [1.54, 1.807) is 0 Å². The normalized spacial score (nSPS) is 19.0. The number of fused-ring (bicyclic) bond motifs is 1. The maximum Gasteiger partial charge on any atom is 0.319 e. The molecule has 1 aromatic carbocycles. The molecule has 3 heteroatoms. The third-order valence-electron chi connectivity index (χ3n) is 5.14. The van der Waals surface area contributed by atoms with Gasteiger partial charge in [0.1, 0.15) is 0 Å². The number of amides is 2. The summed E-state index contributed by atoms with van der Waals surface area (Å²) < 4.78 is 0. The standard InChI is InChI=1S/C20H28N2O/c1-3-19(22-20(23)21-13-14(2)15-8-9-15)18-11-10-16-6-4-5-7-17(16)12-18/h10-13,15,19H,3-9H2,1-2H3,(H2,21,22,23)/b14-13+. The number of hydrogen-bond acceptors (Lipinski definition) is 1. The smallest absolute Gasteiger partial charge is 0.319 e. The van der Waals surface area contributed by atoms with Gasteiger partial charge < -0.3 is 10.6 Å². The summed E-state index contributed by atoms with van der Waals surface area (Å²) in [4.78, 5) is 12.2. The Morgan fingerprint density at radius 1 is 1.26 bits per heavy atom. The zero-order valence-electron chi connectivity index (χ0n) is 14.3. The molecule has 0 spiro atoms. The molecule has 1 atom stereocenters. The second-order valence-corrected chi connectivity index (χ2v) is 6.98. The molecule has 124 valence electrons. The molecule has 2 N–H and O–H groups in total. The lowest BCUT2D eigenvalue weighted by Gasteiger charge is -2.21. The van der Waals surface area contributed by atoms with Crippen LogP contribution in [0.15, 0.2) is 30.0 Å². The van der Waals surface area contributed by atoms with Gasteiger partial charge in [-0.2, -0.15) is 0 Å². The number of benzene rings is 1. The van der Waals surface area contributed by atoms with Crippen LogP contribution in [0, 0.1) is 5.92 Å². The van der Waals surface area contributed by atoms with Gasteiger partial charge in [0.2, 0.25) is 0 Å². The van der Waals surface area contributed by atoms with Gasteiger partial charge in [-0.25, -0.2) is 4.79 Å². The molecule has 1 unspecified atom stereocenters. The van der Waals surface area contributed by atoms with Crippen molar-refractivity contribution in [3.63, 3.8) is 0 Å². The minimum Gasteiger partial charge on any atom is -0.331 e. The Morgan fingerprint density at radius 2 is 2.00 bits per heavy atom. The highest BCUT2D eigenvalue weighted by Crippen LogP contribution is 2.35. The number of rotatable bonds is 5. The molecular weight excluding hydrogens is 284 g/mol. The van der Waals surface area contributed by atoms with Crippen LogP contribution < -0.4 is 10.6 Å². The van der Waals surface area contributed by atoms with E-state index in [1.807, 2.05) is 6.20 Å². The average molecular weight is 312 g/mol. The van der Waals surface area contributed by atoms with Crippen molar-refractivity contribution in [3.8, 4) is 0 Å². The van der Waals surface area contributed by atoms with Crippen LogP contribution in [0.3, 0.4) is 0 Å². The summed E-state index contributed by atoms with van der Waals surface area (Å²) in [7, 11) is 0. The summed E-state index contributed by atoms with van der Waals surface area (Å²) in [6.45, 7) is 4.22. The van der Waals surface area contributed by atoms with Crippen LogP contribution in [0.25, 0.3) is 0 Å². The van der Waals surface area contributed by atoms with Gasteiger partial charge >= 0.3 is 6.03 Å². The van der Waals surface area contributed by atoms with Crippen molar-refractivity contribution in [1.29, 1.82) is 0 Å². The van der Waals surface area contributed by atoms with E-state index in [1.165, 1.54) is 60.8 Å². The molecule has 0 aromatic heterocycles. The van der Waals surface area contributed by atoms with E-state index in [9.17, 15) is 4.79 Å². The van der Waals surface area contributed by atoms with Crippen molar-refractivity contribution in [2.45, 2.75) is 64.8 Å². The molecule has 0 saturated heterocycles. The predicted molar refractivity (Wildman–Crippen MR) is 94.3 cm³/mol. The molecule has 1 saturated carbocycles. The zero-order valence-corrected chi connectivity index (χ0v) is 14.3. The third kappa shape index (κ3) is 4.15. The van der Waals surface area contributed by atoms with Gasteiger partial charge in [0.15, 0.2) is 0 Å². The van der Waals surface area contributed by atoms with Crippen molar-refractivity contribution >= 4 is 6.03 Å². The van der Waals surface area contributed by atoms with Crippen molar-refractivity contribution in [1.82, 2.24) is 10.6 Å².